The monoisotopic (exact) mass is 468 g/mol. The van der Waals surface area contributed by atoms with Crippen LogP contribution in [-0.4, -0.2) is 20.3 Å². The molecule has 0 saturated carbocycles. The first-order valence-electron chi connectivity index (χ1n) is 11.0. The Morgan fingerprint density at radius 2 is 1.66 bits per heavy atom. The fourth-order valence-electron chi connectivity index (χ4n) is 3.79. The summed E-state index contributed by atoms with van der Waals surface area (Å²) < 4.78 is 17.4. The van der Waals surface area contributed by atoms with Crippen LogP contribution < -0.4 is 16.2 Å². The van der Waals surface area contributed by atoms with E-state index in [9.17, 15) is 10.5 Å². The van der Waals surface area contributed by atoms with Crippen molar-refractivity contribution in [1.29, 1.82) is 10.5 Å². The van der Waals surface area contributed by atoms with Gasteiger partial charge in [-0.1, -0.05) is 18.7 Å². The van der Waals surface area contributed by atoms with Crippen molar-refractivity contribution >= 4 is 16.9 Å². The van der Waals surface area contributed by atoms with Gasteiger partial charge < -0.3 is 25.7 Å². The van der Waals surface area contributed by atoms with Crippen LogP contribution in [0.25, 0.3) is 16.7 Å². The fraction of sp³-hybridized carbons (Fsp3) is 0.214. The Kier molecular flexibility index (Phi) is 8.12. The smallest absolute Gasteiger partial charge is 0.135 e. The molecule has 3 aromatic rings. The molecular weight excluding hydrogens is 440 g/mol. The van der Waals surface area contributed by atoms with E-state index in [-0.39, 0.29) is 6.61 Å². The van der Waals surface area contributed by atoms with Crippen molar-refractivity contribution in [3.05, 3.63) is 76.9 Å². The predicted octanol–water partition coefficient (Wildman–Crippen LogP) is 5.50. The Labute approximate surface area is 205 Å². The summed E-state index contributed by atoms with van der Waals surface area (Å²) >= 11 is 0. The first-order chi connectivity index (χ1) is 16.8. The topological polar surface area (TPSA) is 127 Å². The molecule has 0 atom stereocenters. The van der Waals surface area contributed by atoms with Crippen molar-refractivity contribution < 1.29 is 14.2 Å². The number of nitriles is 2. The number of aryl methyl sites for hydroxylation is 2. The predicted molar refractivity (Wildman–Crippen MR) is 138 cm³/mol. The van der Waals surface area contributed by atoms with Gasteiger partial charge in [0, 0.05) is 24.3 Å². The maximum absolute atomic E-state index is 9.21. The normalized spacial score (nSPS) is 10.4. The number of anilines is 2. The average Bonchev–Trinajstić information content (AvgIpc) is 2.86. The zero-order valence-corrected chi connectivity index (χ0v) is 20.1. The van der Waals surface area contributed by atoms with E-state index in [0.717, 1.165) is 27.8 Å². The summed E-state index contributed by atoms with van der Waals surface area (Å²) in [5.74, 6) is 1.15. The molecule has 0 aliphatic rings. The van der Waals surface area contributed by atoms with Gasteiger partial charge in [-0.2, -0.15) is 10.5 Å². The molecule has 4 N–H and O–H groups in total. The Morgan fingerprint density at radius 3 is 2.23 bits per heavy atom. The van der Waals surface area contributed by atoms with Gasteiger partial charge in [0.25, 0.3) is 0 Å². The van der Waals surface area contributed by atoms with Gasteiger partial charge in [-0.25, -0.2) is 0 Å². The maximum atomic E-state index is 9.21. The molecule has 0 unspecified atom stereocenters. The van der Waals surface area contributed by atoms with Crippen LogP contribution in [0.15, 0.2) is 49.0 Å². The third-order valence-corrected chi connectivity index (χ3v) is 5.60. The molecule has 0 saturated heterocycles. The third kappa shape index (κ3) is 5.62. The summed E-state index contributed by atoms with van der Waals surface area (Å²) in [5, 5.41) is 18.4. The summed E-state index contributed by atoms with van der Waals surface area (Å²) in [6, 6.07) is 16.7. The maximum Gasteiger partial charge on any atom is 0.135 e. The van der Waals surface area contributed by atoms with E-state index in [1.54, 1.807) is 25.3 Å². The molecule has 0 aliphatic heterocycles. The number of methoxy groups -OCH3 is 1. The number of nitrogens with two attached hydrogens (primary N) is 2. The van der Waals surface area contributed by atoms with Gasteiger partial charge >= 0.3 is 0 Å². The molecule has 178 valence electrons. The van der Waals surface area contributed by atoms with E-state index < -0.39 is 0 Å². The van der Waals surface area contributed by atoms with Crippen LogP contribution in [0.3, 0.4) is 0 Å². The van der Waals surface area contributed by atoms with E-state index >= 15 is 0 Å². The van der Waals surface area contributed by atoms with E-state index in [2.05, 4.69) is 18.7 Å². The van der Waals surface area contributed by atoms with E-state index in [1.165, 1.54) is 0 Å². The molecule has 3 rings (SSSR count). The van der Waals surface area contributed by atoms with Crippen LogP contribution in [0.4, 0.5) is 11.4 Å². The average molecular weight is 469 g/mol. The lowest BCUT2D eigenvalue weighted by Gasteiger charge is -2.21. The summed E-state index contributed by atoms with van der Waals surface area (Å²) in [6.45, 7) is 8.66. The molecule has 0 radical (unpaired) electrons. The van der Waals surface area contributed by atoms with Crippen molar-refractivity contribution in [2.45, 2.75) is 20.5 Å². The lowest BCUT2D eigenvalue weighted by Crippen LogP contribution is -2.08. The quantitative estimate of drug-likeness (QED) is 0.241. The zero-order chi connectivity index (χ0) is 25.5. The highest BCUT2D eigenvalue weighted by Gasteiger charge is 2.20. The summed E-state index contributed by atoms with van der Waals surface area (Å²) in [7, 11) is 1.61. The van der Waals surface area contributed by atoms with Crippen molar-refractivity contribution in [1.82, 2.24) is 0 Å². The molecule has 7 heteroatoms. The van der Waals surface area contributed by atoms with Gasteiger partial charge in [0.1, 0.15) is 11.5 Å². The lowest BCUT2D eigenvalue weighted by atomic mass is 9.95. The highest BCUT2D eigenvalue weighted by atomic mass is 16.5. The molecule has 0 spiro atoms. The van der Waals surface area contributed by atoms with Crippen LogP contribution >= 0.6 is 0 Å². The second-order valence-electron chi connectivity index (χ2n) is 8.10. The highest BCUT2D eigenvalue weighted by Crippen LogP contribution is 2.43. The molecule has 0 aromatic heterocycles. The number of hydrogen-bond acceptors (Lipinski definition) is 7. The second-order valence-corrected chi connectivity index (χ2v) is 8.10. The van der Waals surface area contributed by atoms with E-state index in [1.807, 2.05) is 38.1 Å². The molecule has 0 heterocycles. The molecule has 7 nitrogen and oxygen atoms in total. The second kappa shape index (κ2) is 11.2. The molecule has 0 bridgehead atoms. The van der Waals surface area contributed by atoms with Gasteiger partial charge in [-0.15, -0.1) is 0 Å². The number of hydrogen-bond donors (Lipinski definition) is 2. The molecule has 0 aliphatic carbocycles. The number of allylic oxidation sites excluding steroid dienone is 1. The largest absolute Gasteiger partial charge is 0.456 e. The SMILES string of the molecule is C=C(C#N)c1cc(C)c(Oc2cc(N)c(N)c(-c3ccc(C#N)cc3)c2COCCOC)c(C)c1. The standard InChI is InChI=1S/C28H28N4O3/c1-17-11-22(19(3)14-29)12-18(2)28(17)35-25-13-24(31)27(32)26(23(25)16-34-10-9-33-4)21-7-5-20(15-30)6-8-21/h5-8,11-13H,3,9-10,16,31-32H2,1-2,4H3. The van der Waals surface area contributed by atoms with Crippen LogP contribution in [0.2, 0.25) is 0 Å². The first-order valence-corrected chi connectivity index (χ1v) is 11.0. The van der Waals surface area contributed by atoms with Crippen molar-refractivity contribution in [3.8, 4) is 34.8 Å². The van der Waals surface area contributed by atoms with Crippen LogP contribution in [0.5, 0.6) is 11.5 Å². The van der Waals surface area contributed by atoms with Gasteiger partial charge in [0.05, 0.1) is 54.5 Å². The van der Waals surface area contributed by atoms with Gasteiger partial charge in [0.15, 0.2) is 0 Å². The molecule has 3 aromatic carbocycles. The van der Waals surface area contributed by atoms with Crippen molar-refractivity contribution in [2.75, 3.05) is 31.8 Å². The van der Waals surface area contributed by atoms with Crippen molar-refractivity contribution in [2.24, 2.45) is 0 Å². The molecular formula is C28H28N4O3. The molecule has 0 fully saturated rings. The number of rotatable bonds is 9. The first kappa shape index (κ1) is 25.3. The Bertz CT molecular complexity index is 1310. The van der Waals surface area contributed by atoms with Crippen molar-refractivity contribution in [3.63, 3.8) is 0 Å². The van der Waals surface area contributed by atoms with Crippen LogP contribution in [0, 0.1) is 36.5 Å². The number of nitrogen functional groups attached to an aromatic ring is 2. The third-order valence-electron chi connectivity index (χ3n) is 5.60. The Morgan fingerprint density at radius 1 is 1.00 bits per heavy atom. The minimum Gasteiger partial charge on any atom is -0.456 e. The molecule has 0 amide bonds. The van der Waals surface area contributed by atoms with E-state index in [0.29, 0.717) is 52.8 Å². The number of nitrogens with zero attached hydrogens (tertiary/aromatic N) is 2. The Balaban J connectivity index is 2.15. The minimum absolute atomic E-state index is 0.208. The Hall–Kier alpha value is -4.30. The summed E-state index contributed by atoms with van der Waals surface area (Å²) in [6.07, 6.45) is 0. The van der Waals surface area contributed by atoms with Gasteiger partial charge in [-0.3, -0.25) is 0 Å². The van der Waals surface area contributed by atoms with Gasteiger partial charge in [-0.05, 0) is 60.4 Å². The number of benzene rings is 3. The minimum atomic E-state index is 0.208. The summed E-state index contributed by atoms with van der Waals surface area (Å²) in [5.41, 5.74) is 19.1. The highest BCUT2D eigenvalue weighted by molar-refractivity contribution is 5.89. The summed E-state index contributed by atoms with van der Waals surface area (Å²) in [4.78, 5) is 0. The lowest BCUT2D eigenvalue weighted by molar-refractivity contribution is 0.0611. The van der Waals surface area contributed by atoms with Crippen LogP contribution in [0.1, 0.15) is 27.8 Å². The van der Waals surface area contributed by atoms with Gasteiger partial charge in [0.2, 0.25) is 0 Å². The zero-order valence-electron chi connectivity index (χ0n) is 20.1. The molecule has 35 heavy (non-hydrogen) atoms. The van der Waals surface area contributed by atoms with E-state index in [4.69, 9.17) is 25.7 Å². The number of ether oxygens (including phenoxy) is 3. The fourth-order valence-corrected chi connectivity index (χ4v) is 3.79. The van der Waals surface area contributed by atoms with Crippen LogP contribution in [-0.2, 0) is 16.1 Å².